The lowest BCUT2D eigenvalue weighted by Gasteiger charge is -2.21. The summed E-state index contributed by atoms with van der Waals surface area (Å²) in [5.74, 6) is -1.41. The Kier molecular flexibility index (Phi) is 5.49. The molecule has 110 valence electrons. The largest absolute Gasteiger partial charge is 0.399 e. The Balaban J connectivity index is 3.00. The van der Waals surface area contributed by atoms with Crippen molar-refractivity contribution in [3.05, 3.63) is 29.1 Å². The molecule has 0 aliphatic carbocycles. The van der Waals surface area contributed by atoms with E-state index in [9.17, 15) is 14.0 Å². The lowest BCUT2D eigenvalue weighted by Crippen LogP contribution is -2.40. The summed E-state index contributed by atoms with van der Waals surface area (Å²) in [6.45, 7) is 5.75. The Morgan fingerprint density at radius 2 is 2.00 bits per heavy atom. The Morgan fingerprint density at radius 3 is 2.55 bits per heavy atom. The van der Waals surface area contributed by atoms with Gasteiger partial charge in [0.05, 0.1) is 12.1 Å². The van der Waals surface area contributed by atoms with E-state index in [4.69, 9.17) is 5.73 Å². The van der Waals surface area contributed by atoms with Crippen LogP contribution in [0.5, 0.6) is 0 Å². The number of nitrogens with two attached hydrogens (primary N) is 1. The van der Waals surface area contributed by atoms with E-state index in [-0.39, 0.29) is 18.0 Å². The molecule has 1 aromatic rings. The Morgan fingerprint density at radius 1 is 1.35 bits per heavy atom. The molecule has 0 aliphatic rings. The molecule has 1 aromatic carbocycles. The molecule has 0 unspecified atom stereocenters. The van der Waals surface area contributed by atoms with Gasteiger partial charge in [-0.1, -0.05) is 0 Å². The minimum atomic E-state index is -0.599. The summed E-state index contributed by atoms with van der Waals surface area (Å²) >= 11 is 0. The van der Waals surface area contributed by atoms with Gasteiger partial charge in [0.2, 0.25) is 5.91 Å². The molecular weight excluding hydrogens is 261 g/mol. The Bertz CT molecular complexity index is 517. The number of anilines is 1. The zero-order valence-electron chi connectivity index (χ0n) is 12.0. The summed E-state index contributed by atoms with van der Waals surface area (Å²) in [6, 6.07) is 2.76. The molecule has 0 heterocycles. The molecule has 6 heteroatoms. The lowest BCUT2D eigenvalue weighted by molar-refractivity contribution is -0.121. The van der Waals surface area contributed by atoms with Gasteiger partial charge in [0.25, 0.3) is 5.91 Å². The van der Waals surface area contributed by atoms with Crippen molar-refractivity contribution in [3.8, 4) is 0 Å². The van der Waals surface area contributed by atoms with E-state index in [0.29, 0.717) is 24.3 Å². The number of likely N-dealkylation sites (N-methyl/N-ethyl adjacent to an activating group) is 2. The number of amides is 2. The van der Waals surface area contributed by atoms with E-state index in [1.54, 1.807) is 20.8 Å². The maximum atomic E-state index is 14.0. The van der Waals surface area contributed by atoms with Crippen LogP contribution in [0.4, 0.5) is 10.1 Å². The number of hydrogen-bond acceptors (Lipinski definition) is 3. The molecule has 0 radical (unpaired) electrons. The normalized spacial score (nSPS) is 10.2. The third-order valence-electron chi connectivity index (χ3n) is 2.88. The van der Waals surface area contributed by atoms with Crippen molar-refractivity contribution >= 4 is 17.5 Å². The van der Waals surface area contributed by atoms with Gasteiger partial charge in [-0.2, -0.15) is 0 Å². The highest BCUT2D eigenvalue weighted by atomic mass is 19.1. The second-order valence-corrected chi connectivity index (χ2v) is 4.47. The summed E-state index contributed by atoms with van der Waals surface area (Å²) in [6.07, 6.45) is 0. The molecule has 0 saturated carbocycles. The molecule has 0 bridgehead atoms. The molecule has 1 rings (SSSR count). The first-order chi connectivity index (χ1) is 9.40. The fraction of sp³-hybridized carbons (Fsp3) is 0.429. The van der Waals surface area contributed by atoms with Crippen molar-refractivity contribution in [3.63, 3.8) is 0 Å². The van der Waals surface area contributed by atoms with Crippen LogP contribution in [-0.2, 0) is 4.79 Å². The number of nitrogens with one attached hydrogen (secondary N) is 1. The second kappa shape index (κ2) is 6.88. The van der Waals surface area contributed by atoms with E-state index >= 15 is 0 Å². The third kappa shape index (κ3) is 3.69. The van der Waals surface area contributed by atoms with Gasteiger partial charge in [-0.05, 0) is 38.5 Å². The number of carbonyl (C=O) groups is 2. The summed E-state index contributed by atoms with van der Waals surface area (Å²) in [5.41, 5.74) is 6.17. The third-order valence-corrected chi connectivity index (χ3v) is 2.88. The van der Waals surface area contributed by atoms with Crippen LogP contribution >= 0.6 is 0 Å². The average molecular weight is 281 g/mol. The number of halogens is 1. The molecule has 0 atom stereocenters. The van der Waals surface area contributed by atoms with Gasteiger partial charge in [-0.15, -0.1) is 0 Å². The number of benzene rings is 1. The SMILES string of the molecule is CCNC(=O)CN(CC)C(=O)c1cc(N)cc(C)c1F. The fourth-order valence-corrected chi connectivity index (χ4v) is 1.88. The van der Waals surface area contributed by atoms with Gasteiger partial charge in [-0.3, -0.25) is 9.59 Å². The van der Waals surface area contributed by atoms with Crippen molar-refractivity contribution in [1.82, 2.24) is 10.2 Å². The van der Waals surface area contributed by atoms with E-state index in [2.05, 4.69) is 5.32 Å². The van der Waals surface area contributed by atoms with Crippen molar-refractivity contribution in [2.75, 3.05) is 25.4 Å². The topological polar surface area (TPSA) is 75.4 Å². The summed E-state index contributed by atoms with van der Waals surface area (Å²) in [7, 11) is 0. The van der Waals surface area contributed by atoms with E-state index < -0.39 is 11.7 Å². The molecule has 20 heavy (non-hydrogen) atoms. The number of hydrogen-bond donors (Lipinski definition) is 2. The van der Waals surface area contributed by atoms with Crippen molar-refractivity contribution in [2.24, 2.45) is 0 Å². The molecular formula is C14H20FN3O2. The highest BCUT2D eigenvalue weighted by Crippen LogP contribution is 2.18. The maximum Gasteiger partial charge on any atom is 0.257 e. The van der Waals surface area contributed by atoms with Gasteiger partial charge in [0.1, 0.15) is 5.82 Å². The fourth-order valence-electron chi connectivity index (χ4n) is 1.88. The summed E-state index contributed by atoms with van der Waals surface area (Å²) < 4.78 is 14.0. The lowest BCUT2D eigenvalue weighted by atomic mass is 10.1. The van der Waals surface area contributed by atoms with Crippen LogP contribution in [0.25, 0.3) is 0 Å². The van der Waals surface area contributed by atoms with Gasteiger partial charge in [-0.25, -0.2) is 4.39 Å². The molecule has 0 aliphatic heterocycles. The first kappa shape index (κ1) is 15.9. The average Bonchev–Trinajstić information content (AvgIpc) is 2.39. The van der Waals surface area contributed by atoms with E-state index in [0.717, 1.165) is 0 Å². The van der Waals surface area contributed by atoms with Crippen LogP contribution in [0.15, 0.2) is 12.1 Å². The molecule has 2 amide bonds. The molecule has 0 fully saturated rings. The number of nitrogen functional groups attached to an aromatic ring is 1. The van der Waals surface area contributed by atoms with Crippen molar-refractivity contribution < 1.29 is 14.0 Å². The van der Waals surface area contributed by atoms with Crippen LogP contribution < -0.4 is 11.1 Å². The highest BCUT2D eigenvalue weighted by Gasteiger charge is 2.21. The number of aryl methyl sites for hydroxylation is 1. The van der Waals surface area contributed by atoms with Crippen LogP contribution in [0.1, 0.15) is 29.8 Å². The molecule has 3 N–H and O–H groups in total. The van der Waals surface area contributed by atoms with Crippen LogP contribution in [0.2, 0.25) is 0 Å². The quantitative estimate of drug-likeness (QED) is 0.799. The standard InChI is InChI=1S/C14H20FN3O2/c1-4-17-12(19)8-18(5-2)14(20)11-7-10(16)6-9(3)13(11)15/h6-7H,4-5,8,16H2,1-3H3,(H,17,19). The Hall–Kier alpha value is -2.11. The predicted octanol–water partition coefficient (Wildman–Crippen LogP) is 1.31. The van der Waals surface area contributed by atoms with Crippen molar-refractivity contribution in [2.45, 2.75) is 20.8 Å². The second-order valence-electron chi connectivity index (χ2n) is 4.47. The van der Waals surface area contributed by atoms with Gasteiger partial charge in [0, 0.05) is 18.8 Å². The zero-order valence-corrected chi connectivity index (χ0v) is 12.0. The number of nitrogens with zero attached hydrogens (tertiary/aromatic N) is 1. The van der Waals surface area contributed by atoms with Crippen LogP contribution in [0, 0.1) is 12.7 Å². The molecule has 0 aromatic heterocycles. The molecule has 0 spiro atoms. The smallest absolute Gasteiger partial charge is 0.257 e. The van der Waals surface area contributed by atoms with Crippen LogP contribution in [-0.4, -0.2) is 36.3 Å². The van der Waals surface area contributed by atoms with Gasteiger partial charge >= 0.3 is 0 Å². The minimum Gasteiger partial charge on any atom is -0.399 e. The number of rotatable bonds is 5. The first-order valence-corrected chi connectivity index (χ1v) is 6.52. The summed E-state index contributed by atoms with van der Waals surface area (Å²) in [4.78, 5) is 25.1. The predicted molar refractivity (Wildman–Crippen MR) is 75.8 cm³/mol. The van der Waals surface area contributed by atoms with Gasteiger partial charge < -0.3 is 16.0 Å². The first-order valence-electron chi connectivity index (χ1n) is 6.52. The number of carbonyl (C=O) groups excluding carboxylic acids is 2. The molecule has 5 nitrogen and oxygen atoms in total. The minimum absolute atomic E-state index is 0.101. The van der Waals surface area contributed by atoms with Crippen molar-refractivity contribution in [1.29, 1.82) is 0 Å². The van der Waals surface area contributed by atoms with E-state index in [1.807, 2.05) is 0 Å². The Labute approximate surface area is 117 Å². The molecule has 0 saturated heterocycles. The summed E-state index contributed by atoms with van der Waals surface area (Å²) in [5, 5.41) is 2.60. The monoisotopic (exact) mass is 281 g/mol. The maximum absolute atomic E-state index is 14.0. The van der Waals surface area contributed by atoms with E-state index in [1.165, 1.54) is 17.0 Å². The van der Waals surface area contributed by atoms with Gasteiger partial charge in [0.15, 0.2) is 0 Å². The highest BCUT2D eigenvalue weighted by molar-refractivity contribution is 5.97. The van der Waals surface area contributed by atoms with Crippen LogP contribution in [0.3, 0.4) is 0 Å². The zero-order chi connectivity index (χ0) is 15.3.